The molecule has 2 aromatic rings. The van der Waals surface area contributed by atoms with Gasteiger partial charge in [-0.25, -0.2) is 4.98 Å². The van der Waals surface area contributed by atoms with Crippen LogP contribution in [-0.4, -0.2) is 36.2 Å². The van der Waals surface area contributed by atoms with Crippen LogP contribution < -0.4 is 15.2 Å². The van der Waals surface area contributed by atoms with E-state index in [-0.39, 0.29) is 0 Å². The molecule has 1 saturated heterocycles. The number of H-pyrrole nitrogens is 1. The summed E-state index contributed by atoms with van der Waals surface area (Å²) in [5.74, 6) is 1.17. The quantitative estimate of drug-likeness (QED) is 0.860. The van der Waals surface area contributed by atoms with Crippen molar-refractivity contribution in [2.45, 2.75) is 0 Å². The predicted octanol–water partition coefficient (Wildman–Crippen LogP) is 2.02. The van der Waals surface area contributed by atoms with E-state index in [1.54, 1.807) is 0 Å². The molecule has 1 aliphatic heterocycles. The van der Waals surface area contributed by atoms with Crippen LogP contribution in [0.2, 0.25) is 0 Å². The number of aromatic amines is 1. The summed E-state index contributed by atoms with van der Waals surface area (Å²) in [6, 6.07) is 16.2. The molecular weight excluding hydrogens is 280 g/mol. The number of pyridine rings is 1. The van der Waals surface area contributed by atoms with Crippen molar-refractivity contribution in [3.05, 3.63) is 54.7 Å². The molecule has 21 heavy (non-hydrogen) atoms. The molecule has 108 valence electrons. The highest BCUT2D eigenvalue weighted by Gasteiger charge is 2.24. The minimum absolute atomic E-state index is 0.804. The van der Waals surface area contributed by atoms with Crippen molar-refractivity contribution in [1.82, 2.24) is 4.90 Å². The van der Waals surface area contributed by atoms with Gasteiger partial charge in [-0.05, 0) is 30.4 Å². The van der Waals surface area contributed by atoms with E-state index in [1.807, 2.05) is 42.6 Å². The maximum atomic E-state index is 5.50. The Morgan fingerprint density at radius 1 is 0.952 bits per heavy atom. The summed E-state index contributed by atoms with van der Waals surface area (Å²) >= 11 is 5.50. The summed E-state index contributed by atoms with van der Waals surface area (Å²) in [6.45, 7) is 3.80. The van der Waals surface area contributed by atoms with Gasteiger partial charge in [-0.2, -0.15) is 0 Å². The second-order valence-electron chi connectivity index (χ2n) is 5.02. The number of hydrogen-bond donors (Lipinski definition) is 1. The number of piperazine rings is 1. The summed E-state index contributed by atoms with van der Waals surface area (Å²) in [5, 5.41) is 4.10. The second-order valence-corrected chi connectivity index (χ2v) is 5.40. The largest absolute Gasteiger partial charge is 0.341 e. The number of nitrogens with zero attached hydrogens (tertiary/aromatic N) is 2. The van der Waals surface area contributed by atoms with Gasteiger partial charge in [0.1, 0.15) is 13.1 Å². The Balaban J connectivity index is 1.55. The fraction of sp³-hybridized carbons (Fsp3) is 0.250. The van der Waals surface area contributed by atoms with Gasteiger partial charge >= 0.3 is 0 Å². The van der Waals surface area contributed by atoms with Crippen molar-refractivity contribution in [3.63, 3.8) is 0 Å². The van der Waals surface area contributed by atoms with Gasteiger partial charge in [-0.1, -0.05) is 24.3 Å². The third-order valence-electron chi connectivity index (χ3n) is 3.63. The highest BCUT2D eigenvalue weighted by molar-refractivity contribution is 7.80. The predicted molar refractivity (Wildman–Crippen MR) is 89.4 cm³/mol. The van der Waals surface area contributed by atoms with E-state index in [9.17, 15) is 0 Å². The molecule has 4 nitrogen and oxygen atoms in total. The van der Waals surface area contributed by atoms with E-state index in [2.05, 4.69) is 32.2 Å². The van der Waals surface area contributed by atoms with Gasteiger partial charge in [0.2, 0.25) is 0 Å². The van der Waals surface area contributed by atoms with Crippen LogP contribution in [0.3, 0.4) is 0 Å². The molecule has 0 atom stereocenters. The third kappa shape index (κ3) is 3.49. The van der Waals surface area contributed by atoms with Crippen molar-refractivity contribution >= 4 is 28.8 Å². The average molecular weight is 299 g/mol. The lowest BCUT2D eigenvalue weighted by Gasteiger charge is -2.32. The van der Waals surface area contributed by atoms with E-state index in [1.165, 1.54) is 5.82 Å². The van der Waals surface area contributed by atoms with Gasteiger partial charge < -0.3 is 10.2 Å². The number of thiocarbonyl (C=S) groups is 1. The molecule has 5 heteroatoms. The molecule has 2 N–H and O–H groups in total. The number of rotatable bonds is 2. The highest BCUT2D eigenvalue weighted by atomic mass is 32.1. The first-order valence-electron chi connectivity index (χ1n) is 7.15. The lowest BCUT2D eigenvalue weighted by atomic mass is 10.3. The van der Waals surface area contributed by atoms with E-state index in [4.69, 9.17) is 12.2 Å². The molecular formula is C16H19N4S+. The second kappa shape index (κ2) is 6.54. The van der Waals surface area contributed by atoms with E-state index in [0.29, 0.717) is 0 Å². The molecule has 0 radical (unpaired) electrons. The highest BCUT2D eigenvalue weighted by Crippen LogP contribution is 2.12. The average Bonchev–Trinajstić information content (AvgIpc) is 2.57. The van der Waals surface area contributed by atoms with Crippen molar-refractivity contribution in [3.8, 4) is 0 Å². The Morgan fingerprint density at radius 3 is 2.33 bits per heavy atom. The molecule has 0 bridgehead atoms. The SMILES string of the molecule is S=C(Nc1ccccc1)N1CCN(c2cccc[nH+]2)CC1. The van der Waals surface area contributed by atoms with Crippen molar-refractivity contribution in [1.29, 1.82) is 0 Å². The van der Waals surface area contributed by atoms with E-state index in [0.717, 1.165) is 37.0 Å². The maximum absolute atomic E-state index is 5.50. The Bertz CT molecular complexity index is 580. The lowest BCUT2D eigenvalue weighted by Crippen LogP contribution is -2.51. The summed E-state index contributed by atoms with van der Waals surface area (Å²) in [5.41, 5.74) is 1.04. The zero-order valence-electron chi connectivity index (χ0n) is 11.8. The number of aromatic nitrogens is 1. The Morgan fingerprint density at radius 2 is 1.67 bits per heavy atom. The lowest BCUT2D eigenvalue weighted by molar-refractivity contribution is -0.364. The first-order chi connectivity index (χ1) is 10.3. The van der Waals surface area contributed by atoms with Crippen LogP contribution in [0.15, 0.2) is 54.7 Å². The number of nitrogens with one attached hydrogen (secondary N) is 2. The molecule has 3 rings (SSSR count). The van der Waals surface area contributed by atoms with Gasteiger partial charge in [0.05, 0.1) is 19.3 Å². The van der Waals surface area contributed by atoms with Crippen LogP contribution in [0.4, 0.5) is 11.5 Å². The van der Waals surface area contributed by atoms with Crippen LogP contribution in [0.1, 0.15) is 0 Å². The molecule has 0 unspecified atom stereocenters. The summed E-state index contributed by atoms with van der Waals surface area (Å²) in [4.78, 5) is 7.85. The van der Waals surface area contributed by atoms with Gasteiger partial charge in [-0.3, -0.25) is 4.90 Å². The minimum Gasteiger partial charge on any atom is -0.341 e. The first-order valence-corrected chi connectivity index (χ1v) is 7.56. The number of hydrogen-bond acceptors (Lipinski definition) is 2. The molecule has 0 aliphatic carbocycles. The smallest absolute Gasteiger partial charge is 0.274 e. The number of benzene rings is 1. The molecule has 0 saturated carbocycles. The Kier molecular flexibility index (Phi) is 4.31. The van der Waals surface area contributed by atoms with Crippen LogP contribution in [0, 0.1) is 0 Å². The van der Waals surface area contributed by atoms with Crippen molar-refractivity contribution in [2.75, 3.05) is 36.4 Å². The molecule has 1 aliphatic rings. The Hall–Kier alpha value is -2.14. The zero-order chi connectivity index (χ0) is 14.5. The molecule has 1 fully saturated rings. The van der Waals surface area contributed by atoms with Crippen LogP contribution in [0.25, 0.3) is 0 Å². The van der Waals surface area contributed by atoms with Crippen LogP contribution in [0.5, 0.6) is 0 Å². The van der Waals surface area contributed by atoms with E-state index >= 15 is 0 Å². The van der Waals surface area contributed by atoms with Crippen LogP contribution >= 0.6 is 12.2 Å². The fourth-order valence-corrected chi connectivity index (χ4v) is 2.76. The molecule has 2 heterocycles. The van der Waals surface area contributed by atoms with Crippen molar-refractivity contribution < 1.29 is 4.98 Å². The molecule has 1 aromatic heterocycles. The third-order valence-corrected chi connectivity index (χ3v) is 3.99. The maximum Gasteiger partial charge on any atom is 0.274 e. The van der Waals surface area contributed by atoms with Crippen LogP contribution in [-0.2, 0) is 0 Å². The standard InChI is InChI=1S/C16H18N4S/c21-16(18-14-6-2-1-3-7-14)20-12-10-19(11-13-20)15-8-4-5-9-17-15/h1-9H,10-13H2,(H,18,21)/p+1. The molecule has 0 amide bonds. The van der Waals surface area contributed by atoms with Gasteiger partial charge in [0.15, 0.2) is 5.11 Å². The summed E-state index contributed by atoms with van der Waals surface area (Å²) in [7, 11) is 0. The summed E-state index contributed by atoms with van der Waals surface area (Å²) in [6.07, 6.45) is 1.96. The van der Waals surface area contributed by atoms with Gasteiger partial charge in [-0.15, -0.1) is 0 Å². The monoisotopic (exact) mass is 299 g/mol. The number of para-hydroxylation sites is 1. The molecule has 0 spiro atoms. The van der Waals surface area contributed by atoms with Crippen molar-refractivity contribution in [2.24, 2.45) is 0 Å². The fourth-order valence-electron chi connectivity index (χ4n) is 2.46. The topological polar surface area (TPSA) is 32.6 Å². The number of anilines is 2. The Labute approximate surface area is 130 Å². The first kappa shape index (κ1) is 13.8. The normalized spacial score (nSPS) is 14.9. The van der Waals surface area contributed by atoms with Gasteiger partial charge in [0, 0.05) is 11.8 Å². The molecule has 1 aromatic carbocycles. The minimum atomic E-state index is 0.804. The van der Waals surface area contributed by atoms with Gasteiger partial charge in [0.25, 0.3) is 5.82 Å². The summed E-state index contributed by atoms with van der Waals surface area (Å²) < 4.78 is 0. The van der Waals surface area contributed by atoms with E-state index < -0.39 is 0 Å². The zero-order valence-corrected chi connectivity index (χ0v) is 12.6.